The predicted octanol–water partition coefficient (Wildman–Crippen LogP) is 2.84. The second kappa shape index (κ2) is 7.80. The fourth-order valence-electron chi connectivity index (χ4n) is 2.96. The van der Waals surface area contributed by atoms with E-state index in [2.05, 4.69) is 20.8 Å². The minimum atomic E-state index is -0.493. The zero-order valence-electron chi connectivity index (χ0n) is 15.7. The first-order chi connectivity index (χ1) is 13.8. The number of aryl methyl sites for hydroxylation is 1. The van der Waals surface area contributed by atoms with E-state index in [1.165, 1.54) is 6.07 Å². The van der Waals surface area contributed by atoms with E-state index in [9.17, 15) is 14.9 Å². The number of para-hydroxylation sites is 1. The molecular weight excluding hydrogens is 374 g/mol. The third kappa shape index (κ3) is 4.21. The van der Waals surface area contributed by atoms with Crippen LogP contribution in [-0.4, -0.2) is 27.5 Å². The second-order valence-corrected chi connectivity index (χ2v) is 6.39. The van der Waals surface area contributed by atoms with Crippen molar-refractivity contribution in [2.45, 2.75) is 13.8 Å². The number of anilines is 1. The number of aromatic nitrogens is 1. The summed E-state index contributed by atoms with van der Waals surface area (Å²) in [5.74, 6) is -0.671. The van der Waals surface area contributed by atoms with Crippen LogP contribution in [0.2, 0.25) is 0 Å². The van der Waals surface area contributed by atoms with Crippen LogP contribution in [0.4, 0.5) is 11.4 Å². The Morgan fingerprint density at radius 3 is 2.69 bits per heavy atom. The van der Waals surface area contributed by atoms with E-state index in [1.807, 2.05) is 6.92 Å². The molecule has 0 bridgehead atoms. The summed E-state index contributed by atoms with van der Waals surface area (Å²) in [6.07, 6.45) is 0. The Labute approximate surface area is 165 Å². The normalized spacial score (nSPS) is 11.3. The average molecular weight is 393 g/mol. The number of nitro groups is 1. The molecule has 148 valence electrons. The number of hydrogen-bond acceptors (Lipinski definition) is 5. The molecule has 1 amide bonds. The van der Waals surface area contributed by atoms with Crippen molar-refractivity contribution in [1.29, 1.82) is 5.41 Å². The molecule has 6 N–H and O–H groups in total. The number of non-ortho nitro benzene ring substituents is 1. The molecule has 0 saturated heterocycles. The van der Waals surface area contributed by atoms with Crippen molar-refractivity contribution in [1.82, 2.24) is 10.4 Å². The van der Waals surface area contributed by atoms with Gasteiger partial charge in [-0.25, -0.2) is 5.43 Å². The van der Waals surface area contributed by atoms with Gasteiger partial charge in [0.25, 0.3) is 11.6 Å². The first kappa shape index (κ1) is 19.5. The Morgan fingerprint density at radius 2 is 2.03 bits per heavy atom. The van der Waals surface area contributed by atoms with Crippen LogP contribution in [0.3, 0.4) is 0 Å². The molecule has 0 spiro atoms. The van der Waals surface area contributed by atoms with Crippen LogP contribution < -0.4 is 16.5 Å². The summed E-state index contributed by atoms with van der Waals surface area (Å²) in [7, 11) is 0. The number of fused-ring (bicyclic) bond motifs is 1. The minimum Gasteiger partial charge on any atom is -0.369 e. The van der Waals surface area contributed by atoms with E-state index in [4.69, 9.17) is 11.1 Å². The van der Waals surface area contributed by atoms with Crippen molar-refractivity contribution in [2.24, 2.45) is 10.8 Å². The standard InChI is InChI=1S/C19H19N7O3/c1-10-8-13(6-7-14(10)11(2)24-25-19(20)21)22-18(27)15-9-12-4-3-5-16(26(28)29)17(12)23-15/h3-9,23H,1-2H3,(H,22,27)(H4,20,21,25)/b24-11+. The average Bonchev–Trinajstić information content (AvgIpc) is 3.10. The molecule has 10 heteroatoms. The largest absolute Gasteiger partial charge is 0.369 e. The maximum atomic E-state index is 12.6. The monoisotopic (exact) mass is 393 g/mol. The molecule has 3 aromatic rings. The van der Waals surface area contributed by atoms with Crippen LogP contribution in [0.15, 0.2) is 47.6 Å². The SMILES string of the molecule is C/C(=N\NC(=N)N)c1ccc(NC(=O)c2cc3cccc([N+](=O)[O-])c3[nH]2)cc1C. The molecule has 2 aromatic carbocycles. The highest BCUT2D eigenvalue weighted by Crippen LogP contribution is 2.26. The number of rotatable bonds is 5. The number of amides is 1. The zero-order chi connectivity index (χ0) is 21.1. The molecule has 0 atom stereocenters. The van der Waals surface area contributed by atoms with E-state index in [1.54, 1.807) is 43.3 Å². The molecule has 0 unspecified atom stereocenters. The van der Waals surface area contributed by atoms with Gasteiger partial charge in [-0.05, 0) is 37.6 Å². The number of nitrogens with zero attached hydrogens (tertiary/aromatic N) is 2. The van der Waals surface area contributed by atoms with E-state index in [0.29, 0.717) is 22.3 Å². The van der Waals surface area contributed by atoms with Gasteiger partial charge >= 0.3 is 0 Å². The number of hydrogen-bond donors (Lipinski definition) is 5. The number of H-pyrrole nitrogens is 1. The third-order valence-corrected chi connectivity index (χ3v) is 4.29. The highest BCUT2D eigenvalue weighted by molar-refractivity contribution is 6.07. The van der Waals surface area contributed by atoms with Gasteiger partial charge in [0.1, 0.15) is 11.2 Å². The van der Waals surface area contributed by atoms with Crippen molar-refractivity contribution >= 4 is 39.9 Å². The molecule has 0 aliphatic carbocycles. The lowest BCUT2D eigenvalue weighted by Gasteiger charge is -2.09. The van der Waals surface area contributed by atoms with Crippen LogP contribution in [0.5, 0.6) is 0 Å². The Morgan fingerprint density at radius 1 is 1.28 bits per heavy atom. The molecule has 1 heterocycles. The van der Waals surface area contributed by atoms with E-state index in [-0.39, 0.29) is 17.3 Å². The quantitative estimate of drug-likeness (QED) is 0.194. The summed E-state index contributed by atoms with van der Waals surface area (Å²) in [5, 5.41) is 25.7. The summed E-state index contributed by atoms with van der Waals surface area (Å²) in [6.45, 7) is 3.64. The van der Waals surface area contributed by atoms with Gasteiger partial charge in [0, 0.05) is 22.7 Å². The first-order valence-electron chi connectivity index (χ1n) is 8.59. The lowest BCUT2D eigenvalue weighted by molar-refractivity contribution is -0.383. The maximum absolute atomic E-state index is 12.6. The van der Waals surface area contributed by atoms with Crippen molar-refractivity contribution in [2.75, 3.05) is 5.32 Å². The summed E-state index contributed by atoms with van der Waals surface area (Å²) in [6, 6.07) is 11.5. The molecule has 0 aliphatic rings. The molecule has 0 aliphatic heterocycles. The number of carbonyl (C=O) groups excluding carboxylic acids is 1. The van der Waals surface area contributed by atoms with Crippen LogP contribution in [-0.2, 0) is 0 Å². The fraction of sp³-hybridized carbons (Fsp3) is 0.105. The number of nitro benzene ring substituents is 1. The summed E-state index contributed by atoms with van der Waals surface area (Å²) in [4.78, 5) is 26.1. The number of guanidine groups is 1. The van der Waals surface area contributed by atoms with Crippen molar-refractivity contribution in [3.05, 3.63) is 69.4 Å². The van der Waals surface area contributed by atoms with Gasteiger partial charge in [0.05, 0.1) is 10.6 Å². The van der Waals surface area contributed by atoms with Crippen molar-refractivity contribution in [3.8, 4) is 0 Å². The molecule has 29 heavy (non-hydrogen) atoms. The number of nitrogens with two attached hydrogens (primary N) is 1. The highest BCUT2D eigenvalue weighted by atomic mass is 16.6. The number of aromatic amines is 1. The number of carbonyl (C=O) groups is 1. The fourth-order valence-corrected chi connectivity index (χ4v) is 2.96. The Bertz CT molecular complexity index is 1160. The van der Waals surface area contributed by atoms with Crippen LogP contribution >= 0.6 is 0 Å². The molecule has 0 saturated carbocycles. The topological polar surface area (TPSA) is 162 Å². The molecule has 0 fully saturated rings. The minimum absolute atomic E-state index is 0.0873. The summed E-state index contributed by atoms with van der Waals surface area (Å²) >= 11 is 0. The van der Waals surface area contributed by atoms with Crippen LogP contribution in [0, 0.1) is 22.4 Å². The van der Waals surface area contributed by atoms with Gasteiger partial charge in [-0.3, -0.25) is 20.3 Å². The molecule has 3 rings (SSSR count). The molecular formula is C19H19N7O3. The lowest BCUT2D eigenvalue weighted by atomic mass is 10.0. The van der Waals surface area contributed by atoms with Gasteiger partial charge in [-0.15, -0.1) is 0 Å². The smallest absolute Gasteiger partial charge is 0.293 e. The van der Waals surface area contributed by atoms with Gasteiger partial charge in [-0.2, -0.15) is 5.10 Å². The number of benzene rings is 2. The van der Waals surface area contributed by atoms with E-state index in [0.717, 1.165) is 11.1 Å². The second-order valence-electron chi connectivity index (χ2n) is 6.39. The van der Waals surface area contributed by atoms with Crippen molar-refractivity contribution < 1.29 is 9.72 Å². The molecule has 10 nitrogen and oxygen atoms in total. The Kier molecular flexibility index (Phi) is 5.26. The van der Waals surface area contributed by atoms with Gasteiger partial charge in [0.2, 0.25) is 5.96 Å². The maximum Gasteiger partial charge on any atom is 0.293 e. The van der Waals surface area contributed by atoms with Crippen LogP contribution in [0.1, 0.15) is 28.5 Å². The number of nitrogens with one attached hydrogen (secondary N) is 4. The van der Waals surface area contributed by atoms with E-state index >= 15 is 0 Å². The summed E-state index contributed by atoms with van der Waals surface area (Å²) in [5.41, 5.74) is 11.0. The van der Waals surface area contributed by atoms with E-state index < -0.39 is 10.8 Å². The Hall–Kier alpha value is -4.21. The lowest BCUT2D eigenvalue weighted by Crippen LogP contribution is -2.26. The molecule has 1 aromatic heterocycles. The number of hydrazone groups is 1. The first-order valence-corrected chi connectivity index (χ1v) is 8.59. The Balaban J connectivity index is 1.82. The summed E-state index contributed by atoms with van der Waals surface area (Å²) < 4.78 is 0. The predicted molar refractivity (Wildman–Crippen MR) is 111 cm³/mol. The van der Waals surface area contributed by atoms with Crippen LogP contribution in [0.25, 0.3) is 10.9 Å². The van der Waals surface area contributed by atoms with Gasteiger partial charge in [0.15, 0.2) is 0 Å². The zero-order valence-corrected chi connectivity index (χ0v) is 15.7. The third-order valence-electron chi connectivity index (χ3n) is 4.29. The van der Waals surface area contributed by atoms with Crippen molar-refractivity contribution in [3.63, 3.8) is 0 Å². The van der Waals surface area contributed by atoms with Gasteiger partial charge in [-0.1, -0.05) is 18.2 Å². The highest BCUT2D eigenvalue weighted by Gasteiger charge is 2.17. The van der Waals surface area contributed by atoms with Gasteiger partial charge < -0.3 is 16.0 Å². The molecule has 0 radical (unpaired) electrons.